The Hall–Kier alpha value is -1.70. The SMILES string of the molecule is CCc1ccc(C)c(-c2cc(C(C)C)ncc2C(C)C)n1. The van der Waals surface area contributed by atoms with Crippen LogP contribution < -0.4 is 0 Å². The molecule has 0 aromatic carbocycles. The molecule has 0 radical (unpaired) electrons. The Morgan fingerprint density at radius 2 is 1.76 bits per heavy atom. The van der Waals surface area contributed by atoms with Gasteiger partial charge in [0, 0.05) is 23.1 Å². The summed E-state index contributed by atoms with van der Waals surface area (Å²) in [5.74, 6) is 0.875. The minimum atomic E-state index is 0.430. The van der Waals surface area contributed by atoms with Crippen LogP contribution in [0.25, 0.3) is 11.3 Å². The predicted molar refractivity (Wildman–Crippen MR) is 89.8 cm³/mol. The fraction of sp³-hybridized carbons (Fsp3) is 0.474. The first kappa shape index (κ1) is 15.7. The van der Waals surface area contributed by atoms with E-state index in [0.29, 0.717) is 11.8 Å². The Morgan fingerprint density at radius 3 is 2.33 bits per heavy atom. The van der Waals surface area contributed by atoms with E-state index >= 15 is 0 Å². The van der Waals surface area contributed by atoms with Crippen LogP contribution >= 0.6 is 0 Å². The number of nitrogens with zero attached hydrogens (tertiary/aromatic N) is 2. The molecule has 2 aromatic rings. The zero-order chi connectivity index (χ0) is 15.6. The Kier molecular flexibility index (Phi) is 4.76. The minimum Gasteiger partial charge on any atom is -0.261 e. The Morgan fingerprint density at radius 1 is 1.05 bits per heavy atom. The van der Waals surface area contributed by atoms with E-state index in [-0.39, 0.29) is 0 Å². The van der Waals surface area contributed by atoms with Crippen LogP contribution in [0.5, 0.6) is 0 Å². The third-order valence-electron chi connectivity index (χ3n) is 3.94. The van der Waals surface area contributed by atoms with E-state index < -0.39 is 0 Å². The third kappa shape index (κ3) is 3.31. The van der Waals surface area contributed by atoms with Gasteiger partial charge >= 0.3 is 0 Å². The molecule has 0 aliphatic heterocycles. The number of pyridine rings is 2. The molecule has 0 fully saturated rings. The zero-order valence-corrected chi connectivity index (χ0v) is 14.1. The number of rotatable bonds is 4. The summed E-state index contributed by atoms with van der Waals surface area (Å²) in [6.45, 7) is 13.1. The molecule has 0 atom stereocenters. The molecule has 0 saturated carbocycles. The fourth-order valence-electron chi connectivity index (χ4n) is 2.50. The van der Waals surface area contributed by atoms with Crippen molar-refractivity contribution >= 4 is 0 Å². The van der Waals surface area contributed by atoms with E-state index in [1.54, 1.807) is 0 Å². The monoisotopic (exact) mass is 282 g/mol. The summed E-state index contributed by atoms with van der Waals surface area (Å²) in [4.78, 5) is 9.51. The predicted octanol–water partition coefficient (Wildman–Crippen LogP) is 5.26. The second kappa shape index (κ2) is 6.38. The lowest BCUT2D eigenvalue weighted by atomic mass is 9.93. The van der Waals surface area contributed by atoms with Gasteiger partial charge in [0.2, 0.25) is 0 Å². The van der Waals surface area contributed by atoms with Crippen molar-refractivity contribution in [3.8, 4) is 11.3 Å². The van der Waals surface area contributed by atoms with Crippen LogP contribution in [0.2, 0.25) is 0 Å². The van der Waals surface area contributed by atoms with Crippen molar-refractivity contribution in [1.82, 2.24) is 9.97 Å². The summed E-state index contributed by atoms with van der Waals surface area (Å²) >= 11 is 0. The van der Waals surface area contributed by atoms with E-state index in [1.807, 2.05) is 6.20 Å². The van der Waals surface area contributed by atoms with Gasteiger partial charge in [-0.25, -0.2) is 0 Å². The van der Waals surface area contributed by atoms with E-state index in [1.165, 1.54) is 16.7 Å². The molecule has 0 N–H and O–H groups in total. The van der Waals surface area contributed by atoms with E-state index in [9.17, 15) is 0 Å². The van der Waals surface area contributed by atoms with Crippen LogP contribution in [-0.2, 0) is 6.42 Å². The van der Waals surface area contributed by atoms with Crippen molar-refractivity contribution in [2.45, 2.75) is 59.8 Å². The molecule has 0 aliphatic rings. The first-order chi connectivity index (χ1) is 9.93. The molecule has 2 aromatic heterocycles. The quantitative estimate of drug-likeness (QED) is 0.764. The third-order valence-corrected chi connectivity index (χ3v) is 3.94. The summed E-state index contributed by atoms with van der Waals surface area (Å²) in [6, 6.07) is 6.54. The average Bonchev–Trinajstić information content (AvgIpc) is 2.47. The normalized spacial score (nSPS) is 11.4. The van der Waals surface area contributed by atoms with Crippen LogP contribution in [0.4, 0.5) is 0 Å². The van der Waals surface area contributed by atoms with Crippen LogP contribution in [0, 0.1) is 6.92 Å². The van der Waals surface area contributed by atoms with Gasteiger partial charge in [0.25, 0.3) is 0 Å². The Labute approximate surface area is 128 Å². The molecule has 112 valence electrons. The van der Waals surface area contributed by atoms with Crippen molar-refractivity contribution in [1.29, 1.82) is 0 Å². The van der Waals surface area contributed by atoms with Gasteiger partial charge in [0.1, 0.15) is 0 Å². The van der Waals surface area contributed by atoms with E-state index in [4.69, 9.17) is 4.98 Å². The van der Waals surface area contributed by atoms with Gasteiger partial charge in [-0.05, 0) is 48.4 Å². The van der Waals surface area contributed by atoms with Gasteiger partial charge in [-0.2, -0.15) is 0 Å². The molecule has 0 saturated heterocycles. The smallest absolute Gasteiger partial charge is 0.0738 e. The first-order valence-electron chi connectivity index (χ1n) is 7.90. The Balaban J connectivity index is 2.67. The van der Waals surface area contributed by atoms with Crippen LogP contribution in [-0.4, -0.2) is 9.97 Å². The molecular formula is C19H26N2. The first-order valence-corrected chi connectivity index (χ1v) is 7.90. The fourth-order valence-corrected chi connectivity index (χ4v) is 2.50. The topological polar surface area (TPSA) is 25.8 Å². The summed E-state index contributed by atoms with van der Waals surface area (Å²) in [7, 11) is 0. The molecule has 0 unspecified atom stereocenters. The van der Waals surface area contributed by atoms with Crippen molar-refractivity contribution in [2.24, 2.45) is 0 Å². The van der Waals surface area contributed by atoms with Crippen LogP contribution in [0.3, 0.4) is 0 Å². The molecular weight excluding hydrogens is 256 g/mol. The van der Waals surface area contributed by atoms with Gasteiger partial charge in [-0.1, -0.05) is 40.7 Å². The molecule has 21 heavy (non-hydrogen) atoms. The average molecular weight is 282 g/mol. The molecule has 0 bridgehead atoms. The van der Waals surface area contributed by atoms with Gasteiger partial charge in [-0.3, -0.25) is 9.97 Å². The molecule has 0 aliphatic carbocycles. The highest BCUT2D eigenvalue weighted by Gasteiger charge is 2.15. The number of aryl methyl sites for hydroxylation is 2. The standard InChI is InChI=1S/C19H26N2/c1-7-15-9-8-14(6)19(21-15)16-10-18(13(4)5)20-11-17(16)12(2)3/h8-13H,7H2,1-6H3. The Bertz CT molecular complexity index is 627. The van der Waals surface area contributed by atoms with E-state index in [2.05, 4.69) is 64.7 Å². The van der Waals surface area contributed by atoms with Gasteiger partial charge in [0.15, 0.2) is 0 Å². The number of hydrogen-bond acceptors (Lipinski definition) is 2. The van der Waals surface area contributed by atoms with Gasteiger partial charge in [-0.15, -0.1) is 0 Å². The lowest BCUT2D eigenvalue weighted by Crippen LogP contribution is -2.02. The summed E-state index contributed by atoms with van der Waals surface area (Å²) in [5.41, 5.74) is 7.16. The molecule has 2 rings (SSSR count). The highest BCUT2D eigenvalue weighted by molar-refractivity contribution is 5.67. The minimum absolute atomic E-state index is 0.430. The number of aromatic nitrogens is 2. The van der Waals surface area contributed by atoms with Crippen LogP contribution in [0.15, 0.2) is 24.4 Å². The maximum absolute atomic E-state index is 4.88. The lowest BCUT2D eigenvalue weighted by molar-refractivity contribution is 0.803. The van der Waals surface area contributed by atoms with Crippen molar-refractivity contribution in [3.05, 3.63) is 46.9 Å². The maximum Gasteiger partial charge on any atom is 0.0738 e. The summed E-state index contributed by atoms with van der Waals surface area (Å²) in [6.07, 6.45) is 3.00. The lowest BCUT2D eigenvalue weighted by Gasteiger charge is -2.17. The molecule has 2 heterocycles. The second-order valence-electron chi connectivity index (χ2n) is 6.33. The number of hydrogen-bond donors (Lipinski definition) is 0. The highest BCUT2D eigenvalue weighted by Crippen LogP contribution is 2.31. The van der Waals surface area contributed by atoms with Gasteiger partial charge in [0.05, 0.1) is 5.69 Å². The molecule has 0 spiro atoms. The summed E-state index contributed by atoms with van der Waals surface area (Å²) in [5, 5.41) is 0. The van der Waals surface area contributed by atoms with E-state index in [0.717, 1.165) is 23.5 Å². The molecule has 2 nitrogen and oxygen atoms in total. The largest absolute Gasteiger partial charge is 0.261 e. The zero-order valence-electron chi connectivity index (χ0n) is 14.1. The maximum atomic E-state index is 4.88. The molecule has 2 heteroatoms. The van der Waals surface area contributed by atoms with Crippen molar-refractivity contribution in [2.75, 3.05) is 0 Å². The molecule has 0 amide bonds. The summed E-state index contributed by atoms with van der Waals surface area (Å²) < 4.78 is 0. The van der Waals surface area contributed by atoms with Crippen molar-refractivity contribution in [3.63, 3.8) is 0 Å². The highest BCUT2D eigenvalue weighted by atomic mass is 14.7. The van der Waals surface area contributed by atoms with Crippen LogP contribution in [0.1, 0.15) is 69.0 Å². The van der Waals surface area contributed by atoms with Gasteiger partial charge < -0.3 is 0 Å². The second-order valence-corrected chi connectivity index (χ2v) is 6.33. The van der Waals surface area contributed by atoms with Crippen molar-refractivity contribution < 1.29 is 0 Å².